The van der Waals surface area contributed by atoms with Gasteiger partial charge in [0.25, 0.3) is 0 Å². The Morgan fingerprint density at radius 2 is 1.65 bits per heavy atom. The van der Waals surface area contributed by atoms with Gasteiger partial charge in [-0.05, 0) is 56.7 Å². The van der Waals surface area contributed by atoms with E-state index in [2.05, 4.69) is 101 Å². The number of nitrogens with zero attached hydrogens (tertiary/aromatic N) is 2. The van der Waals surface area contributed by atoms with E-state index in [1.807, 2.05) is 0 Å². The monoisotopic (exact) mass is 349 g/mol. The maximum absolute atomic E-state index is 4.97. The zero-order chi connectivity index (χ0) is 19.1. The molecule has 1 aromatic carbocycles. The number of hydrogen-bond acceptors (Lipinski definition) is 2. The second-order valence-corrected chi connectivity index (χ2v) is 9.30. The molecule has 0 radical (unpaired) electrons. The van der Waals surface area contributed by atoms with Gasteiger partial charge in [-0.3, -0.25) is 4.40 Å². The van der Waals surface area contributed by atoms with E-state index < -0.39 is 0 Å². The van der Waals surface area contributed by atoms with Gasteiger partial charge >= 0.3 is 0 Å². The molecule has 3 heteroatoms. The van der Waals surface area contributed by atoms with Crippen molar-refractivity contribution >= 4 is 11.5 Å². The number of pyridine rings is 1. The Bertz CT molecular complexity index is 926. The van der Waals surface area contributed by atoms with Crippen molar-refractivity contribution in [3.63, 3.8) is 0 Å². The molecule has 0 bridgehead atoms. The summed E-state index contributed by atoms with van der Waals surface area (Å²) in [6.07, 6.45) is 3.23. The standard InChI is InChI=1S/C23H31N3/c1-16-12-13-19-24-20(18-11-9-8-10-17(18)2)21(26(19)14-16)25-23(6,7)15-22(3,4)5/h8-14,25H,15H2,1-7H3. The predicted octanol–water partition coefficient (Wildman–Crippen LogP) is 6.24. The normalized spacial score (nSPS) is 12.6. The summed E-state index contributed by atoms with van der Waals surface area (Å²) in [6, 6.07) is 12.7. The molecule has 3 rings (SSSR count). The first-order valence-corrected chi connectivity index (χ1v) is 9.39. The Labute approximate surface area is 157 Å². The number of hydrogen-bond donors (Lipinski definition) is 1. The number of aromatic nitrogens is 2. The molecule has 2 heterocycles. The highest BCUT2D eigenvalue weighted by molar-refractivity contribution is 5.78. The largest absolute Gasteiger partial charge is 0.364 e. The summed E-state index contributed by atoms with van der Waals surface area (Å²) in [5, 5.41) is 3.82. The third-order valence-corrected chi connectivity index (χ3v) is 4.60. The zero-order valence-electron chi connectivity index (χ0n) is 17.1. The van der Waals surface area contributed by atoms with Crippen LogP contribution in [0.4, 0.5) is 5.82 Å². The van der Waals surface area contributed by atoms with E-state index >= 15 is 0 Å². The Morgan fingerprint density at radius 1 is 0.962 bits per heavy atom. The van der Waals surface area contributed by atoms with Crippen LogP contribution in [0.15, 0.2) is 42.6 Å². The second kappa shape index (κ2) is 6.46. The second-order valence-electron chi connectivity index (χ2n) is 9.30. The van der Waals surface area contributed by atoms with Gasteiger partial charge in [0.05, 0.1) is 0 Å². The molecule has 0 atom stereocenters. The first kappa shape index (κ1) is 18.5. The summed E-state index contributed by atoms with van der Waals surface area (Å²) in [6.45, 7) is 15.7. The van der Waals surface area contributed by atoms with Crippen LogP contribution in [-0.2, 0) is 0 Å². The summed E-state index contributed by atoms with van der Waals surface area (Å²) in [4.78, 5) is 4.97. The van der Waals surface area contributed by atoms with Gasteiger partial charge in [0.1, 0.15) is 17.2 Å². The summed E-state index contributed by atoms with van der Waals surface area (Å²) >= 11 is 0. The smallest absolute Gasteiger partial charge is 0.139 e. The third kappa shape index (κ3) is 3.92. The van der Waals surface area contributed by atoms with Crippen molar-refractivity contribution in [3.05, 3.63) is 53.7 Å². The minimum Gasteiger partial charge on any atom is -0.364 e. The molecule has 26 heavy (non-hydrogen) atoms. The minimum absolute atomic E-state index is 0.0462. The van der Waals surface area contributed by atoms with Crippen LogP contribution in [-0.4, -0.2) is 14.9 Å². The van der Waals surface area contributed by atoms with Crippen molar-refractivity contribution in [1.82, 2.24) is 9.38 Å². The molecule has 1 N–H and O–H groups in total. The lowest BCUT2D eigenvalue weighted by Gasteiger charge is -2.34. The number of fused-ring (bicyclic) bond motifs is 1. The Morgan fingerprint density at radius 3 is 2.31 bits per heavy atom. The van der Waals surface area contributed by atoms with E-state index in [0.29, 0.717) is 0 Å². The number of anilines is 1. The van der Waals surface area contributed by atoms with Crippen LogP contribution in [0, 0.1) is 19.3 Å². The van der Waals surface area contributed by atoms with Gasteiger partial charge in [0.15, 0.2) is 0 Å². The number of aryl methyl sites for hydroxylation is 2. The van der Waals surface area contributed by atoms with Crippen LogP contribution in [0.3, 0.4) is 0 Å². The van der Waals surface area contributed by atoms with Gasteiger partial charge in [-0.1, -0.05) is 51.1 Å². The first-order valence-electron chi connectivity index (χ1n) is 9.39. The zero-order valence-corrected chi connectivity index (χ0v) is 17.1. The summed E-state index contributed by atoms with van der Waals surface area (Å²) in [5.74, 6) is 1.08. The molecule has 0 aliphatic heterocycles. The molecule has 0 amide bonds. The maximum atomic E-state index is 4.97. The summed E-state index contributed by atoms with van der Waals surface area (Å²) < 4.78 is 2.20. The van der Waals surface area contributed by atoms with Gasteiger partial charge in [0, 0.05) is 17.3 Å². The van der Waals surface area contributed by atoms with E-state index in [4.69, 9.17) is 4.98 Å². The Hall–Kier alpha value is -2.29. The molecule has 0 saturated carbocycles. The van der Waals surface area contributed by atoms with Gasteiger partial charge < -0.3 is 5.32 Å². The van der Waals surface area contributed by atoms with Crippen molar-refractivity contribution in [3.8, 4) is 11.3 Å². The van der Waals surface area contributed by atoms with Crippen molar-refractivity contribution in [2.24, 2.45) is 5.41 Å². The molecule has 0 spiro atoms. The highest BCUT2D eigenvalue weighted by atomic mass is 15.2. The van der Waals surface area contributed by atoms with Crippen molar-refractivity contribution in [1.29, 1.82) is 0 Å². The molecule has 0 saturated heterocycles. The molecule has 0 unspecified atom stereocenters. The number of nitrogens with one attached hydrogen (secondary N) is 1. The summed E-state index contributed by atoms with van der Waals surface area (Å²) in [7, 11) is 0. The predicted molar refractivity (Wildman–Crippen MR) is 112 cm³/mol. The van der Waals surface area contributed by atoms with Gasteiger partial charge in [-0.2, -0.15) is 0 Å². The number of rotatable bonds is 4. The molecule has 3 aromatic rings. The molecule has 138 valence electrons. The number of benzene rings is 1. The van der Waals surface area contributed by atoms with Crippen LogP contribution < -0.4 is 5.32 Å². The topological polar surface area (TPSA) is 29.3 Å². The lowest BCUT2D eigenvalue weighted by atomic mass is 9.82. The van der Waals surface area contributed by atoms with Gasteiger partial charge in [0.2, 0.25) is 0 Å². The third-order valence-electron chi connectivity index (χ3n) is 4.60. The summed E-state index contributed by atoms with van der Waals surface area (Å²) in [5.41, 5.74) is 5.85. The Kier molecular flexibility index (Phi) is 4.60. The quantitative estimate of drug-likeness (QED) is 0.603. The van der Waals surface area contributed by atoms with Gasteiger partial charge in [-0.25, -0.2) is 4.98 Å². The molecule has 0 aliphatic rings. The van der Waals surface area contributed by atoms with Crippen molar-refractivity contribution in [2.75, 3.05) is 5.32 Å². The fourth-order valence-corrected chi connectivity index (χ4v) is 3.99. The lowest BCUT2D eigenvalue weighted by molar-refractivity contribution is 0.302. The average molecular weight is 350 g/mol. The maximum Gasteiger partial charge on any atom is 0.139 e. The molecule has 3 nitrogen and oxygen atoms in total. The fourth-order valence-electron chi connectivity index (χ4n) is 3.99. The number of imidazole rings is 1. The average Bonchev–Trinajstić information content (AvgIpc) is 2.82. The van der Waals surface area contributed by atoms with Crippen LogP contribution >= 0.6 is 0 Å². The van der Waals surface area contributed by atoms with Crippen LogP contribution in [0.1, 0.15) is 52.2 Å². The van der Waals surface area contributed by atoms with Crippen molar-refractivity contribution in [2.45, 2.75) is 60.4 Å². The van der Waals surface area contributed by atoms with E-state index in [-0.39, 0.29) is 11.0 Å². The van der Waals surface area contributed by atoms with E-state index in [9.17, 15) is 0 Å². The van der Waals surface area contributed by atoms with E-state index in [1.54, 1.807) is 0 Å². The fraction of sp³-hybridized carbons (Fsp3) is 0.435. The SMILES string of the molecule is Cc1ccc2nc(-c3ccccc3C)c(NC(C)(C)CC(C)(C)C)n2c1. The molecule has 0 fully saturated rings. The molecule has 0 aliphatic carbocycles. The molecule has 2 aromatic heterocycles. The van der Waals surface area contributed by atoms with E-state index in [1.165, 1.54) is 16.7 Å². The first-order chi connectivity index (χ1) is 12.1. The van der Waals surface area contributed by atoms with Crippen LogP contribution in [0.25, 0.3) is 16.9 Å². The van der Waals surface area contributed by atoms with Crippen LogP contribution in [0.5, 0.6) is 0 Å². The highest BCUT2D eigenvalue weighted by Crippen LogP contribution is 2.35. The van der Waals surface area contributed by atoms with Crippen molar-refractivity contribution < 1.29 is 0 Å². The van der Waals surface area contributed by atoms with E-state index in [0.717, 1.165) is 23.6 Å². The van der Waals surface area contributed by atoms with Crippen LogP contribution in [0.2, 0.25) is 0 Å². The minimum atomic E-state index is -0.0462. The lowest BCUT2D eigenvalue weighted by Crippen LogP contribution is -2.36. The molecular formula is C23H31N3. The Balaban J connectivity index is 2.17. The molecular weight excluding hydrogens is 318 g/mol. The highest BCUT2D eigenvalue weighted by Gasteiger charge is 2.28. The van der Waals surface area contributed by atoms with Gasteiger partial charge in [-0.15, -0.1) is 0 Å².